The Bertz CT molecular complexity index is 846. The van der Waals surface area contributed by atoms with Crippen LogP contribution in [0.25, 0.3) is 0 Å². The van der Waals surface area contributed by atoms with Crippen LogP contribution in [0.3, 0.4) is 0 Å². The van der Waals surface area contributed by atoms with Gasteiger partial charge in [-0.05, 0) is 51.8 Å². The first-order chi connectivity index (χ1) is 14.0. The summed E-state index contributed by atoms with van der Waals surface area (Å²) in [7, 11) is 0. The van der Waals surface area contributed by atoms with E-state index in [-0.39, 0.29) is 23.8 Å². The van der Waals surface area contributed by atoms with Gasteiger partial charge in [-0.1, -0.05) is 12.1 Å². The van der Waals surface area contributed by atoms with Crippen LogP contribution in [0.2, 0.25) is 0 Å². The van der Waals surface area contributed by atoms with E-state index in [1.165, 1.54) is 0 Å². The zero-order valence-corrected chi connectivity index (χ0v) is 17.4. The number of hydrogen-bond acceptors (Lipinski definition) is 4. The smallest absolute Gasteiger partial charge is 0.274 e. The number of carbonyl (C=O) groups excluding carboxylic acids is 2. The number of piperidine rings is 1. The van der Waals surface area contributed by atoms with E-state index in [1.807, 2.05) is 50.1 Å². The molecule has 0 spiro atoms. The zero-order chi connectivity index (χ0) is 20.8. The minimum absolute atomic E-state index is 0.0291. The third-order valence-electron chi connectivity index (χ3n) is 5.02. The summed E-state index contributed by atoms with van der Waals surface area (Å²) in [4.78, 5) is 27.0. The van der Waals surface area contributed by atoms with Crippen molar-refractivity contribution in [1.29, 1.82) is 0 Å². The highest BCUT2D eigenvalue weighted by molar-refractivity contribution is 5.97. The van der Waals surface area contributed by atoms with Gasteiger partial charge in [0.2, 0.25) is 0 Å². The standard InChI is InChI=1S/C22H30N4O3/c1-4-26-13-11-19(24-26)22(28)25-12-7-8-17(14-25)15-29-20-10-6-5-9-18(20)21(27)23-16(2)3/h5-6,9-11,13,16-17H,4,7-8,12,14-15H2,1-3H3,(H,23,27). The predicted molar refractivity (Wildman–Crippen MR) is 111 cm³/mol. The maximum atomic E-state index is 12.8. The largest absolute Gasteiger partial charge is 0.492 e. The van der Waals surface area contributed by atoms with Crippen molar-refractivity contribution < 1.29 is 14.3 Å². The third kappa shape index (κ3) is 5.37. The molecule has 2 heterocycles. The topological polar surface area (TPSA) is 76.5 Å². The number of hydrogen-bond donors (Lipinski definition) is 1. The van der Waals surface area contributed by atoms with E-state index in [0.717, 1.165) is 25.9 Å². The SMILES string of the molecule is CCn1ccc(C(=O)N2CCCC(COc3ccccc3C(=O)NC(C)C)C2)n1. The van der Waals surface area contributed by atoms with Crippen molar-refractivity contribution >= 4 is 11.8 Å². The average Bonchev–Trinajstić information content (AvgIpc) is 3.21. The summed E-state index contributed by atoms with van der Waals surface area (Å²) < 4.78 is 7.78. The number of aryl methyl sites for hydroxylation is 1. The molecule has 1 aliphatic heterocycles. The fourth-order valence-corrected chi connectivity index (χ4v) is 3.53. The van der Waals surface area contributed by atoms with E-state index in [1.54, 1.807) is 16.8 Å². The summed E-state index contributed by atoms with van der Waals surface area (Å²) in [5, 5.41) is 7.23. The highest BCUT2D eigenvalue weighted by atomic mass is 16.5. The number of amides is 2. The molecule has 1 aromatic carbocycles. The van der Waals surface area contributed by atoms with E-state index in [9.17, 15) is 9.59 Å². The molecule has 156 valence electrons. The van der Waals surface area contributed by atoms with Crippen LogP contribution < -0.4 is 10.1 Å². The number of ether oxygens (including phenoxy) is 1. The van der Waals surface area contributed by atoms with Gasteiger partial charge in [-0.3, -0.25) is 14.3 Å². The fourth-order valence-electron chi connectivity index (χ4n) is 3.53. The van der Waals surface area contributed by atoms with Crippen molar-refractivity contribution in [2.45, 2.75) is 46.2 Å². The maximum absolute atomic E-state index is 12.8. The number of nitrogens with one attached hydrogen (secondary N) is 1. The number of para-hydroxylation sites is 1. The second-order valence-corrected chi connectivity index (χ2v) is 7.75. The van der Waals surface area contributed by atoms with Crippen LogP contribution in [-0.4, -0.2) is 52.2 Å². The summed E-state index contributed by atoms with van der Waals surface area (Å²) in [6, 6.07) is 9.12. The van der Waals surface area contributed by atoms with Crippen molar-refractivity contribution in [3.8, 4) is 5.75 Å². The molecule has 0 saturated carbocycles. The Balaban J connectivity index is 1.60. The second-order valence-electron chi connectivity index (χ2n) is 7.75. The molecule has 2 amide bonds. The fraction of sp³-hybridized carbons (Fsp3) is 0.500. The van der Waals surface area contributed by atoms with Gasteiger partial charge in [0.15, 0.2) is 0 Å². The molecular formula is C22H30N4O3. The molecule has 0 aliphatic carbocycles. The van der Waals surface area contributed by atoms with Gasteiger partial charge in [0.1, 0.15) is 11.4 Å². The van der Waals surface area contributed by atoms with Crippen molar-refractivity contribution in [1.82, 2.24) is 20.0 Å². The highest BCUT2D eigenvalue weighted by Crippen LogP contribution is 2.23. The van der Waals surface area contributed by atoms with E-state index >= 15 is 0 Å². The minimum atomic E-state index is -0.137. The van der Waals surface area contributed by atoms with E-state index < -0.39 is 0 Å². The Hall–Kier alpha value is -2.83. The molecular weight excluding hydrogens is 368 g/mol. The van der Waals surface area contributed by atoms with Crippen LogP contribution in [0.5, 0.6) is 5.75 Å². The molecule has 1 atom stereocenters. The molecule has 1 unspecified atom stereocenters. The summed E-state index contributed by atoms with van der Waals surface area (Å²) >= 11 is 0. The molecule has 1 aromatic heterocycles. The highest BCUT2D eigenvalue weighted by Gasteiger charge is 2.26. The van der Waals surface area contributed by atoms with Crippen LogP contribution >= 0.6 is 0 Å². The van der Waals surface area contributed by atoms with Gasteiger partial charge >= 0.3 is 0 Å². The van der Waals surface area contributed by atoms with Crippen molar-refractivity contribution in [2.75, 3.05) is 19.7 Å². The molecule has 2 aromatic rings. The minimum Gasteiger partial charge on any atom is -0.492 e. The molecule has 3 rings (SSSR count). The molecule has 1 saturated heterocycles. The molecule has 1 fully saturated rings. The predicted octanol–water partition coefficient (Wildman–Crippen LogP) is 2.97. The first-order valence-electron chi connectivity index (χ1n) is 10.3. The van der Waals surface area contributed by atoms with Crippen molar-refractivity contribution in [2.24, 2.45) is 5.92 Å². The quantitative estimate of drug-likeness (QED) is 0.778. The van der Waals surface area contributed by atoms with Crippen molar-refractivity contribution in [3.63, 3.8) is 0 Å². The number of rotatable bonds is 7. The molecule has 0 bridgehead atoms. The number of likely N-dealkylation sites (tertiary alicyclic amines) is 1. The Kier molecular flexibility index (Phi) is 6.90. The van der Waals surface area contributed by atoms with Crippen LogP contribution in [0.15, 0.2) is 36.5 Å². The lowest BCUT2D eigenvalue weighted by Gasteiger charge is -2.32. The van der Waals surface area contributed by atoms with Gasteiger partial charge in [-0.25, -0.2) is 0 Å². The number of benzene rings is 1. The normalized spacial score (nSPS) is 16.7. The maximum Gasteiger partial charge on any atom is 0.274 e. The number of nitrogens with zero attached hydrogens (tertiary/aromatic N) is 3. The van der Waals surface area contributed by atoms with Gasteiger partial charge in [0.25, 0.3) is 11.8 Å². The zero-order valence-electron chi connectivity index (χ0n) is 17.4. The number of aromatic nitrogens is 2. The number of carbonyl (C=O) groups is 2. The Morgan fingerprint density at radius 1 is 1.28 bits per heavy atom. The summed E-state index contributed by atoms with van der Waals surface area (Å²) in [6.07, 6.45) is 3.76. The van der Waals surface area contributed by atoms with Crippen molar-refractivity contribution in [3.05, 3.63) is 47.8 Å². The lowest BCUT2D eigenvalue weighted by molar-refractivity contribution is 0.0626. The summed E-state index contributed by atoms with van der Waals surface area (Å²) in [5.74, 6) is 0.638. The van der Waals surface area contributed by atoms with Gasteiger partial charge in [0.05, 0.1) is 12.2 Å². The molecule has 1 aliphatic rings. The van der Waals surface area contributed by atoms with Crippen LogP contribution in [0.1, 0.15) is 54.5 Å². The van der Waals surface area contributed by atoms with Crippen LogP contribution in [0.4, 0.5) is 0 Å². The van der Waals surface area contributed by atoms with Gasteiger partial charge in [-0.2, -0.15) is 5.10 Å². The van der Waals surface area contributed by atoms with Gasteiger partial charge in [0, 0.05) is 37.8 Å². The van der Waals surface area contributed by atoms with Gasteiger partial charge in [-0.15, -0.1) is 0 Å². The van der Waals surface area contributed by atoms with E-state index in [2.05, 4.69) is 10.4 Å². The first kappa shape index (κ1) is 20.9. The summed E-state index contributed by atoms with van der Waals surface area (Å²) in [5.41, 5.74) is 1.03. The van der Waals surface area contributed by atoms with Gasteiger partial charge < -0.3 is 15.0 Å². The molecule has 0 radical (unpaired) electrons. The molecule has 29 heavy (non-hydrogen) atoms. The summed E-state index contributed by atoms with van der Waals surface area (Å²) in [6.45, 7) is 8.44. The average molecular weight is 399 g/mol. The second kappa shape index (κ2) is 9.58. The van der Waals surface area contributed by atoms with Crippen LogP contribution in [-0.2, 0) is 6.54 Å². The molecule has 7 nitrogen and oxygen atoms in total. The Labute approximate surface area is 172 Å². The molecule has 1 N–H and O–H groups in total. The monoisotopic (exact) mass is 398 g/mol. The lowest BCUT2D eigenvalue weighted by Crippen LogP contribution is -2.41. The van der Waals surface area contributed by atoms with E-state index in [0.29, 0.717) is 30.2 Å². The first-order valence-corrected chi connectivity index (χ1v) is 10.3. The van der Waals surface area contributed by atoms with E-state index in [4.69, 9.17) is 4.74 Å². The molecule has 7 heteroatoms. The Morgan fingerprint density at radius 2 is 2.07 bits per heavy atom. The Morgan fingerprint density at radius 3 is 2.79 bits per heavy atom. The third-order valence-corrected chi connectivity index (χ3v) is 5.02. The van der Waals surface area contributed by atoms with Crippen LogP contribution in [0, 0.1) is 5.92 Å². The lowest BCUT2D eigenvalue weighted by atomic mass is 9.98.